The topological polar surface area (TPSA) is 68.8 Å². The lowest BCUT2D eigenvalue weighted by Crippen LogP contribution is -2.60. The molecule has 2 N–H and O–H groups in total. The lowest BCUT2D eigenvalue weighted by Gasteiger charge is -2.40. The molecule has 3 rings (SSSR count). The van der Waals surface area contributed by atoms with Crippen molar-refractivity contribution in [1.82, 2.24) is 10.6 Å². The zero-order chi connectivity index (χ0) is 24.0. The number of nitrogens with one attached hydrogen (secondary N) is 2. The van der Waals surface area contributed by atoms with Gasteiger partial charge in [0, 0.05) is 26.3 Å². The smallest absolute Gasteiger partial charge is 0.335 e. The summed E-state index contributed by atoms with van der Waals surface area (Å²) in [5.41, 5.74) is 0. The van der Waals surface area contributed by atoms with E-state index in [0.717, 1.165) is 39.0 Å². The monoisotopic (exact) mass is 484 g/mol. The first-order valence-electron chi connectivity index (χ1n) is 14.2. The van der Waals surface area contributed by atoms with Crippen LogP contribution in [-0.4, -0.2) is 62.9 Å². The minimum Gasteiger partial charge on any atom is -0.457 e. The number of carbonyl (C=O) groups is 1. The van der Waals surface area contributed by atoms with Crippen LogP contribution in [0.25, 0.3) is 0 Å². The Morgan fingerprint density at radius 2 is 1.62 bits per heavy atom. The van der Waals surface area contributed by atoms with Crippen LogP contribution in [0.3, 0.4) is 0 Å². The maximum atomic E-state index is 14.8. The van der Waals surface area contributed by atoms with Gasteiger partial charge in [-0.2, -0.15) is 0 Å². The Morgan fingerprint density at radius 1 is 0.941 bits per heavy atom. The van der Waals surface area contributed by atoms with Gasteiger partial charge in [-0.15, -0.1) is 0 Å². The van der Waals surface area contributed by atoms with Crippen molar-refractivity contribution < 1.29 is 23.4 Å². The Balaban J connectivity index is 1.19. The Morgan fingerprint density at radius 3 is 2.24 bits per heavy atom. The van der Waals surface area contributed by atoms with Gasteiger partial charge in [0.05, 0.1) is 12.3 Å². The van der Waals surface area contributed by atoms with Crippen LogP contribution in [0.5, 0.6) is 0 Å². The first-order valence-corrected chi connectivity index (χ1v) is 14.2. The molecule has 6 nitrogen and oxygen atoms in total. The standard InChI is InChI=1S/C27H49FN2O4/c1-2-3-4-5-6-7-8-9-10-11-16-32-22-19-29-26(30-20-22)21-14-15-24(23(28)18-21)34-27(31)25-13-12-17-33-25/h21-26,29-30H,2-20H2,1H3. The molecule has 0 aromatic heterocycles. The molecule has 1 saturated carbocycles. The summed E-state index contributed by atoms with van der Waals surface area (Å²) < 4.78 is 31.6. The van der Waals surface area contributed by atoms with Gasteiger partial charge in [-0.25, -0.2) is 9.18 Å². The van der Waals surface area contributed by atoms with E-state index in [1.165, 1.54) is 57.8 Å². The van der Waals surface area contributed by atoms with Crippen molar-refractivity contribution in [3.8, 4) is 0 Å². The number of carbonyl (C=O) groups excluding carboxylic acids is 1. The molecule has 198 valence electrons. The minimum absolute atomic E-state index is 0.102. The maximum Gasteiger partial charge on any atom is 0.335 e. The molecule has 0 aromatic rings. The van der Waals surface area contributed by atoms with Crippen LogP contribution >= 0.6 is 0 Å². The first-order chi connectivity index (χ1) is 16.7. The molecule has 2 heterocycles. The Labute approximate surface area is 206 Å². The number of alkyl halides is 1. The van der Waals surface area contributed by atoms with Gasteiger partial charge in [0.2, 0.25) is 0 Å². The lowest BCUT2D eigenvalue weighted by molar-refractivity contribution is -0.166. The fourth-order valence-corrected chi connectivity index (χ4v) is 5.49. The van der Waals surface area contributed by atoms with Gasteiger partial charge in [-0.05, 0) is 44.4 Å². The summed E-state index contributed by atoms with van der Waals surface area (Å²) in [6, 6.07) is 0. The highest BCUT2D eigenvalue weighted by molar-refractivity contribution is 5.75. The SMILES string of the molecule is CCCCCCCCCCCCOC1CNC(C2CCC(OC(=O)C3CCCO3)C(F)C2)NC1. The summed E-state index contributed by atoms with van der Waals surface area (Å²) in [6.07, 6.45) is 14.8. The van der Waals surface area contributed by atoms with E-state index in [2.05, 4.69) is 17.6 Å². The van der Waals surface area contributed by atoms with E-state index in [4.69, 9.17) is 14.2 Å². The molecule has 0 aromatic carbocycles. The molecule has 7 heteroatoms. The number of ether oxygens (including phenoxy) is 3. The molecule has 0 radical (unpaired) electrons. The molecule has 1 aliphatic carbocycles. The average molecular weight is 485 g/mol. The lowest BCUT2D eigenvalue weighted by atomic mass is 9.83. The zero-order valence-corrected chi connectivity index (χ0v) is 21.4. The molecule has 4 atom stereocenters. The molecule has 4 unspecified atom stereocenters. The highest BCUT2D eigenvalue weighted by Crippen LogP contribution is 2.31. The van der Waals surface area contributed by atoms with Gasteiger partial charge in [-0.3, -0.25) is 10.6 Å². The van der Waals surface area contributed by atoms with Crippen LogP contribution in [0.1, 0.15) is 103 Å². The summed E-state index contributed by atoms with van der Waals surface area (Å²) in [6.45, 7) is 5.29. The van der Waals surface area contributed by atoms with Gasteiger partial charge < -0.3 is 14.2 Å². The highest BCUT2D eigenvalue weighted by Gasteiger charge is 2.39. The van der Waals surface area contributed by atoms with Crippen molar-refractivity contribution in [3.63, 3.8) is 0 Å². The highest BCUT2D eigenvalue weighted by atomic mass is 19.1. The number of hydrogen-bond acceptors (Lipinski definition) is 6. The second kappa shape index (κ2) is 16.1. The van der Waals surface area contributed by atoms with Gasteiger partial charge in [-0.1, -0.05) is 64.7 Å². The molecule has 0 bridgehead atoms. The summed E-state index contributed by atoms with van der Waals surface area (Å²) in [5, 5.41) is 7.04. The van der Waals surface area contributed by atoms with Crippen molar-refractivity contribution in [2.75, 3.05) is 26.3 Å². The van der Waals surface area contributed by atoms with Gasteiger partial charge in [0.25, 0.3) is 0 Å². The summed E-state index contributed by atoms with van der Waals surface area (Å²) in [7, 11) is 0. The zero-order valence-electron chi connectivity index (χ0n) is 21.4. The molecule has 3 aliphatic rings. The van der Waals surface area contributed by atoms with Crippen LogP contribution < -0.4 is 10.6 Å². The van der Waals surface area contributed by atoms with E-state index in [1.807, 2.05) is 0 Å². The van der Waals surface area contributed by atoms with Crippen molar-refractivity contribution in [3.05, 3.63) is 0 Å². The Kier molecular flexibility index (Phi) is 13.2. The second-order valence-corrected chi connectivity index (χ2v) is 10.5. The van der Waals surface area contributed by atoms with Crippen LogP contribution in [0, 0.1) is 5.92 Å². The molecule has 3 fully saturated rings. The van der Waals surface area contributed by atoms with Crippen molar-refractivity contribution in [2.24, 2.45) is 5.92 Å². The van der Waals surface area contributed by atoms with E-state index in [9.17, 15) is 9.18 Å². The Bertz CT molecular complexity index is 553. The molecule has 0 amide bonds. The predicted octanol–water partition coefficient (Wildman–Crippen LogP) is 5.04. The quantitative estimate of drug-likeness (QED) is 0.251. The molecule has 0 spiro atoms. The van der Waals surface area contributed by atoms with E-state index < -0.39 is 18.4 Å². The Hall–Kier alpha value is -0.760. The summed E-state index contributed by atoms with van der Waals surface area (Å²) >= 11 is 0. The number of esters is 1. The van der Waals surface area contributed by atoms with Gasteiger partial charge in [0.1, 0.15) is 12.3 Å². The summed E-state index contributed by atoms with van der Waals surface area (Å²) in [5.74, 6) is -0.185. The van der Waals surface area contributed by atoms with Crippen molar-refractivity contribution in [1.29, 1.82) is 0 Å². The van der Waals surface area contributed by atoms with E-state index in [0.29, 0.717) is 25.9 Å². The number of halogens is 1. The van der Waals surface area contributed by atoms with Crippen molar-refractivity contribution >= 4 is 5.97 Å². The van der Waals surface area contributed by atoms with Crippen LogP contribution in [0.15, 0.2) is 0 Å². The predicted molar refractivity (Wildman–Crippen MR) is 132 cm³/mol. The van der Waals surface area contributed by atoms with Gasteiger partial charge in [0.15, 0.2) is 6.10 Å². The van der Waals surface area contributed by atoms with E-state index >= 15 is 0 Å². The van der Waals surface area contributed by atoms with Crippen LogP contribution in [-0.2, 0) is 19.0 Å². The molecule has 2 aliphatic heterocycles. The number of hydrogen-bond donors (Lipinski definition) is 2. The third kappa shape index (κ3) is 9.71. The molecular weight excluding hydrogens is 435 g/mol. The molecule has 34 heavy (non-hydrogen) atoms. The molecule has 2 saturated heterocycles. The van der Waals surface area contributed by atoms with Crippen molar-refractivity contribution in [2.45, 2.75) is 134 Å². The fraction of sp³-hybridized carbons (Fsp3) is 0.963. The first kappa shape index (κ1) is 27.8. The minimum atomic E-state index is -1.11. The van der Waals surface area contributed by atoms with Crippen LogP contribution in [0.2, 0.25) is 0 Å². The molecular formula is C27H49FN2O4. The van der Waals surface area contributed by atoms with E-state index in [1.54, 1.807) is 0 Å². The number of unbranched alkanes of at least 4 members (excludes halogenated alkanes) is 9. The number of rotatable bonds is 15. The third-order valence-electron chi connectivity index (χ3n) is 7.67. The largest absolute Gasteiger partial charge is 0.457 e. The van der Waals surface area contributed by atoms with E-state index in [-0.39, 0.29) is 24.2 Å². The average Bonchev–Trinajstić information content (AvgIpc) is 3.39. The summed E-state index contributed by atoms with van der Waals surface area (Å²) in [4.78, 5) is 12.1. The van der Waals surface area contributed by atoms with Gasteiger partial charge >= 0.3 is 5.97 Å². The second-order valence-electron chi connectivity index (χ2n) is 10.5. The third-order valence-corrected chi connectivity index (χ3v) is 7.67. The van der Waals surface area contributed by atoms with Crippen LogP contribution in [0.4, 0.5) is 4.39 Å². The fourth-order valence-electron chi connectivity index (χ4n) is 5.49. The normalized spacial score (nSPS) is 32.1. The maximum absolute atomic E-state index is 14.8.